The Hall–Kier alpha value is -1.48. The number of hydrogen-bond acceptors (Lipinski definition) is 3. The minimum Gasteiger partial charge on any atom is -0.493 e. The lowest BCUT2D eigenvalue weighted by atomic mass is 10.1. The second-order valence-corrected chi connectivity index (χ2v) is 6.14. The SMILES string of the molecule is COc1cccc(CNC(C)(C)C)c1OCC=C(C)C. The molecule has 0 radical (unpaired) electrons. The van der Waals surface area contributed by atoms with E-state index in [4.69, 9.17) is 9.47 Å². The maximum Gasteiger partial charge on any atom is 0.166 e. The summed E-state index contributed by atoms with van der Waals surface area (Å²) in [5, 5.41) is 3.48. The van der Waals surface area contributed by atoms with E-state index in [1.807, 2.05) is 12.1 Å². The molecule has 0 saturated heterocycles. The van der Waals surface area contributed by atoms with Gasteiger partial charge in [0.15, 0.2) is 11.5 Å². The minimum absolute atomic E-state index is 0.0697. The summed E-state index contributed by atoms with van der Waals surface area (Å²) in [4.78, 5) is 0. The maximum atomic E-state index is 5.89. The Balaban J connectivity index is 2.89. The van der Waals surface area contributed by atoms with Gasteiger partial charge in [0.05, 0.1) is 7.11 Å². The molecule has 20 heavy (non-hydrogen) atoms. The van der Waals surface area contributed by atoms with Crippen molar-refractivity contribution in [3.05, 3.63) is 35.4 Å². The molecule has 0 amide bonds. The van der Waals surface area contributed by atoms with Crippen LogP contribution < -0.4 is 14.8 Å². The number of para-hydroxylation sites is 1. The standard InChI is InChI=1S/C17H27NO2/c1-13(2)10-11-20-16-14(12-18-17(3,4)5)8-7-9-15(16)19-6/h7-10,18H,11-12H2,1-6H3. The molecule has 3 nitrogen and oxygen atoms in total. The zero-order valence-corrected chi connectivity index (χ0v) is 13.5. The first kappa shape index (κ1) is 16.6. The van der Waals surface area contributed by atoms with E-state index >= 15 is 0 Å². The Morgan fingerprint density at radius 3 is 2.50 bits per heavy atom. The van der Waals surface area contributed by atoms with Crippen LogP contribution in [0.25, 0.3) is 0 Å². The number of benzene rings is 1. The summed E-state index contributed by atoms with van der Waals surface area (Å²) in [7, 11) is 1.67. The lowest BCUT2D eigenvalue weighted by Gasteiger charge is -2.22. The van der Waals surface area contributed by atoms with E-state index in [2.05, 4.69) is 52.1 Å². The lowest BCUT2D eigenvalue weighted by Crippen LogP contribution is -2.35. The predicted octanol–water partition coefficient (Wildman–Crippen LogP) is 3.93. The smallest absolute Gasteiger partial charge is 0.166 e. The highest BCUT2D eigenvalue weighted by Crippen LogP contribution is 2.31. The van der Waals surface area contributed by atoms with Gasteiger partial charge >= 0.3 is 0 Å². The van der Waals surface area contributed by atoms with E-state index in [0.29, 0.717) is 6.61 Å². The largest absolute Gasteiger partial charge is 0.493 e. The van der Waals surface area contributed by atoms with Crippen LogP contribution in [0, 0.1) is 0 Å². The Morgan fingerprint density at radius 2 is 1.95 bits per heavy atom. The highest BCUT2D eigenvalue weighted by molar-refractivity contribution is 5.46. The topological polar surface area (TPSA) is 30.5 Å². The average molecular weight is 277 g/mol. The monoisotopic (exact) mass is 277 g/mol. The van der Waals surface area contributed by atoms with Crippen molar-refractivity contribution in [3.8, 4) is 11.5 Å². The molecule has 3 heteroatoms. The summed E-state index contributed by atoms with van der Waals surface area (Å²) < 4.78 is 11.3. The number of ether oxygens (including phenoxy) is 2. The van der Waals surface area contributed by atoms with E-state index in [1.54, 1.807) is 7.11 Å². The molecule has 112 valence electrons. The number of rotatable bonds is 6. The Morgan fingerprint density at radius 1 is 1.25 bits per heavy atom. The van der Waals surface area contributed by atoms with Gasteiger partial charge in [0.25, 0.3) is 0 Å². The first-order valence-corrected chi connectivity index (χ1v) is 7.00. The number of nitrogens with one attached hydrogen (secondary N) is 1. The van der Waals surface area contributed by atoms with Gasteiger partial charge < -0.3 is 14.8 Å². The molecule has 0 aliphatic heterocycles. The number of hydrogen-bond donors (Lipinski definition) is 1. The van der Waals surface area contributed by atoms with E-state index in [-0.39, 0.29) is 5.54 Å². The van der Waals surface area contributed by atoms with Crippen molar-refractivity contribution in [2.75, 3.05) is 13.7 Å². The van der Waals surface area contributed by atoms with Crippen LogP contribution in [0.1, 0.15) is 40.2 Å². The van der Waals surface area contributed by atoms with Crippen LogP contribution in [0.4, 0.5) is 0 Å². The number of allylic oxidation sites excluding steroid dienone is 1. The molecule has 0 heterocycles. The molecule has 1 aromatic carbocycles. The average Bonchev–Trinajstić information content (AvgIpc) is 2.35. The van der Waals surface area contributed by atoms with Gasteiger partial charge in [-0.2, -0.15) is 0 Å². The van der Waals surface area contributed by atoms with Crippen molar-refractivity contribution in [2.24, 2.45) is 0 Å². The van der Waals surface area contributed by atoms with Gasteiger partial charge in [-0.3, -0.25) is 0 Å². The third-order valence-electron chi connectivity index (χ3n) is 2.81. The molecule has 1 N–H and O–H groups in total. The molecule has 0 aliphatic rings. The van der Waals surface area contributed by atoms with Crippen LogP contribution in [-0.2, 0) is 6.54 Å². The van der Waals surface area contributed by atoms with Gasteiger partial charge in [0.1, 0.15) is 6.61 Å². The summed E-state index contributed by atoms with van der Waals surface area (Å²) in [6.07, 6.45) is 2.06. The fraction of sp³-hybridized carbons (Fsp3) is 0.529. The quantitative estimate of drug-likeness (QED) is 0.799. The maximum absolute atomic E-state index is 5.89. The van der Waals surface area contributed by atoms with Gasteiger partial charge in [0, 0.05) is 17.6 Å². The molecule has 0 aromatic heterocycles. The van der Waals surface area contributed by atoms with Crippen molar-refractivity contribution in [1.82, 2.24) is 5.32 Å². The zero-order valence-electron chi connectivity index (χ0n) is 13.5. The van der Waals surface area contributed by atoms with E-state index < -0.39 is 0 Å². The fourth-order valence-electron chi connectivity index (χ4n) is 1.68. The summed E-state index contributed by atoms with van der Waals surface area (Å²) in [6.45, 7) is 11.9. The molecule has 0 fully saturated rings. The first-order chi connectivity index (χ1) is 9.33. The van der Waals surface area contributed by atoms with Crippen LogP contribution >= 0.6 is 0 Å². The third-order valence-corrected chi connectivity index (χ3v) is 2.81. The predicted molar refractivity (Wildman–Crippen MR) is 84.5 cm³/mol. The van der Waals surface area contributed by atoms with Gasteiger partial charge in [-0.05, 0) is 46.8 Å². The molecule has 0 aliphatic carbocycles. The van der Waals surface area contributed by atoms with Crippen LogP contribution in [0.2, 0.25) is 0 Å². The Kier molecular flexibility index (Phi) is 6.08. The van der Waals surface area contributed by atoms with Crippen molar-refractivity contribution >= 4 is 0 Å². The molecule has 0 bridgehead atoms. The molecule has 1 rings (SSSR count). The molecule has 0 unspecified atom stereocenters. The summed E-state index contributed by atoms with van der Waals surface area (Å²) in [6, 6.07) is 5.99. The van der Waals surface area contributed by atoms with Crippen molar-refractivity contribution in [3.63, 3.8) is 0 Å². The van der Waals surface area contributed by atoms with E-state index in [1.165, 1.54) is 5.57 Å². The lowest BCUT2D eigenvalue weighted by molar-refractivity contribution is 0.319. The van der Waals surface area contributed by atoms with Gasteiger partial charge in [-0.15, -0.1) is 0 Å². The first-order valence-electron chi connectivity index (χ1n) is 7.00. The van der Waals surface area contributed by atoms with Gasteiger partial charge in [-0.1, -0.05) is 17.7 Å². The number of methoxy groups -OCH3 is 1. The van der Waals surface area contributed by atoms with Crippen LogP contribution in [0.5, 0.6) is 11.5 Å². The normalized spacial score (nSPS) is 11.1. The molecular formula is C17H27NO2. The second kappa shape index (κ2) is 7.34. The summed E-state index contributed by atoms with van der Waals surface area (Å²) >= 11 is 0. The molecular weight excluding hydrogens is 250 g/mol. The molecule has 0 spiro atoms. The minimum atomic E-state index is 0.0697. The zero-order chi connectivity index (χ0) is 15.2. The Bertz CT molecular complexity index is 455. The Labute approximate surface area is 123 Å². The highest BCUT2D eigenvalue weighted by Gasteiger charge is 2.14. The van der Waals surface area contributed by atoms with Crippen molar-refractivity contribution in [2.45, 2.75) is 46.7 Å². The third kappa shape index (κ3) is 5.66. The summed E-state index contributed by atoms with van der Waals surface area (Å²) in [5.74, 6) is 1.60. The van der Waals surface area contributed by atoms with Crippen molar-refractivity contribution in [1.29, 1.82) is 0 Å². The molecule has 0 atom stereocenters. The van der Waals surface area contributed by atoms with E-state index in [9.17, 15) is 0 Å². The van der Waals surface area contributed by atoms with E-state index in [0.717, 1.165) is 23.6 Å². The highest BCUT2D eigenvalue weighted by atomic mass is 16.5. The van der Waals surface area contributed by atoms with Crippen LogP contribution in [0.15, 0.2) is 29.8 Å². The molecule has 1 aromatic rings. The second-order valence-electron chi connectivity index (χ2n) is 6.14. The van der Waals surface area contributed by atoms with Crippen LogP contribution in [-0.4, -0.2) is 19.3 Å². The molecule has 0 saturated carbocycles. The van der Waals surface area contributed by atoms with Crippen molar-refractivity contribution < 1.29 is 9.47 Å². The summed E-state index contributed by atoms with van der Waals surface area (Å²) in [5.41, 5.74) is 2.43. The van der Waals surface area contributed by atoms with Crippen LogP contribution in [0.3, 0.4) is 0 Å². The fourth-order valence-corrected chi connectivity index (χ4v) is 1.68. The van der Waals surface area contributed by atoms with Gasteiger partial charge in [-0.25, -0.2) is 0 Å². The van der Waals surface area contributed by atoms with Gasteiger partial charge in [0.2, 0.25) is 0 Å².